The summed E-state index contributed by atoms with van der Waals surface area (Å²) < 4.78 is 0. The first kappa shape index (κ1) is 18.8. The Morgan fingerprint density at radius 3 is 1.96 bits per heavy atom. The SMILES string of the molecule is CC(C)(C)C1CCN([C@@H](c2ccccc2)c2cc(Cl)cc(Cl)c2)CC1. The molecular weight excluding hydrogens is 349 g/mol. The van der Waals surface area contributed by atoms with Crippen molar-refractivity contribution in [1.29, 1.82) is 0 Å². The molecule has 3 rings (SSSR count). The maximum Gasteiger partial charge on any atom is 0.0602 e. The van der Waals surface area contributed by atoms with Gasteiger partial charge in [-0.15, -0.1) is 0 Å². The van der Waals surface area contributed by atoms with E-state index < -0.39 is 0 Å². The number of benzene rings is 2. The number of hydrogen-bond donors (Lipinski definition) is 0. The molecule has 1 fully saturated rings. The van der Waals surface area contributed by atoms with E-state index in [1.54, 1.807) is 6.07 Å². The molecule has 1 heterocycles. The van der Waals surface area contributed by atoms with Crippen molar-refractivity contribution in [3.8, 4) is 0 Å². The minimum Gasteiger partial charge on any atom is -0.292 e. The first-order chi connectivity index (χ1) is 11.8. The summed E-state index contributed by atoms with van der Waals surface area (Å²) in [5.74, 6) is 0.781. The quantitative estimate of drug-likeness (QED) is 0.567. The van der Waals surface area contributed by atoms with Crippen LogP contribution in [0.2, 0.25) is 10.0 Å². The Bertz CT molecular complexity index is 677. The smallest absolute Gasteiger partial charge is 0.0602 e. The van der Waals surface area contributed by atoms with Gasteiger partial charge in [-0.3, -0.25) is 4.90 Å². The van der Waals surface area contributed by atoms with Crippen molar-refractivity contribution in [2.75, 3.05) is 13.1 Å². The maximum absolute atomic E-state index is 6.30. The van der Waals surface area contributed by atoms with Crippen LogP contribution in [-0.2, 0) is 0 Å². The second kappa shape index (κ2) is 7.70. The molecule has 25 heavy (non-hydrogen) atoms. The molecule has 1 aliphatic rings. The molecule has 2 aromatic carbocycles. The van der Waals surface area contributed by atoms with Crippen molar-refractivity contribution >= 4 is 23.2 Å². The van der Waals surface area contributed by atoms with Crippen molar-refractivity contribution in [1.82, 2.24) is 4.90 Å². The van der Waals surface area contributed by atoms with Gasteiger partial charge in [0.1, 0.15) is 0 Å². The van der Waals surface area contributed by atoms with Crippen molar-refractivity contribution < 1.29 is 0 Å². The highest BCUT2D eigenvalue weighted by molar-refractivity contribution is 6.34. The Balaban J connectivity index is 1.91. The van der Waals surface area contributed by atoms with Crippen LogP contribution in [0.4, 0.5) is 0 Å². The molecule has 0 radical (unpaired) electrons. The predicted molar refractivity (Wildman–Crippen MR) is 108 cm³/mol. The molecule has 0 spiro atoms. The summed E-state index contributed by atoms with van der Waals surface area (Å²) in [5.41, 5.74) is 2.86. The number of halogens is 2. The van der Waals surface area contributed by atoms with Crippen LogP contribution >= 0.6 is 23.2 Å². The van der Waals surface area contributed by atoms with Crippen LogP contribution < -0.4 is 0 Å². The van der Waals surface area contributed by atoms with E-state index in [0.29, 0.717) is 15.5 Å². The Morgan fingerprint density at radius 2 is 1.44 bits per heavy atom. The second-order valence-electron chi connectivity index (χ2n) is 8.19. The summed E-state index contributed by atoms with van der Waals surface area (Å²) in [4.78, 5) is 2.58. The summed E-state index contributed by atoms with van der Waals surface area (Å²) in [5, 5.41) is 1.40. The standard InChI is InChI=1S/C22H27Cl2N/c1-22(2,3)18-9-11-25(12-10-18)21(16-7-5-4-6-8-16)17-13-19(23)15-20(24)14-17/h4-8,13-15,18,21H,9-12H2,1-3H3/t21-/m0/s1. The third-order valence-electron chi connectivity index (χ3n) is 5.44. The second-order valence-corrected chi connectivity index (χ2v) is 9.07. The summed E-state index contributed by atoms with van der Waals surface area (Å²) >= 11 is 12.6. The van der Waals surface area contributed by atoms with E-state index in [0.717, 1.165) is 19.0 Å². The predicted octanol–water partition coefficient (Wildman–Crippen LogP) is 6.84. The van der Waals surface area contributed by atoms with Crippen molar-refractivity contribution in [3.63, 3.8) is 0 Å². The highest BCUT2D eigenvalue weighted by Crippen LogP contribution is 2.39. The maximum atomic E-state index is 6.30. The highest BCUT2D eigenvalue weighted by Gasteiger charge is 2.32. The number of likely N-dealkylation sites (tertiary alicyclic amines) is 1. The molecule has 0 saturated carbocycles. The summed E-state index contributed by atoms with van der Waals surface area (Å²) in [6.07, 6.45) is 2.47. The number of rotatable bonds is 3. The molecule has 0 N–H and O–H groups in total. The molecular formula is C22H27Cl2N. The Kier molecular flexibility index (Phi) is 5.78. The monoisotopic (exact) mass is 375 g/mol. The topological polar surface area (TPSA) is 3.24 Å². The summed E-state index contributed by atoms with van der Waals surface area (Å²) in [7, 11) is 0. The third-order valence-corrected chi connectivity index (χ3v) is 5.87. The van der Waals surface area contributed by atoms with Crippen LogP contribution in [0.1, 0.15) is 50.8 Å². The minimum absolute atomic E-state index is 0.207. The molecule has 0 aromatic heterocycles. The van der Waals surface area contributed by atoms with E-state index >= 15 is 0 Å². The number of piperidine rings is 1. The largest absolute Gasteiger partial charge is 0.292 e. The molecule has 0 aliphatic carbocycles. The number of hydrogen-bond acceptors (Lipinski definition) is 1. The Morgan fingerprint density at radius 1 is 0.880 bits per heavy atom. The van der Waals surface area contributed by atoms with E-state index in [4.69, 9.17) is 23.2 Å². The molecule has 0 amide bonds. The fraction of sp³-hybridized carbons (Fsp3) is 0.455. The van der Waals surface area contributed by atoms with Gasteiger partial charge in [0.2, 0.25) is 0 Å². The lowest BCUT2D eigenvalue weighted by Gasteiger charge is -2.42. The van der Waals surface area contributed by atoms with Gasteiger partial charge in [0.15, 0.2) is 0 Å². The lowest BCUT2D eigenvalue weighted by atomic mass is 9.75. The normalized spacial score (nSPS) is 18.3. The summed E-state index contributed by atoms with van der Waals surface area (Å²) in [6, 6.07) is 16.8. The van der Waals surface area contributed by atoms with Crippen LogP contribution in [0.3, 0.4) is 0 Å². The van der Waals surface area contributed by atoms with Crippen molar-refractivity contribution in [2.45, 2.75) is 39.7 Å². The zero-order valence-electron chi connectivity index (χ0n) is 15.3. The third kappa shape index (κ3) is 4.58. The van der Waals surface area contributed by atoms with Crippen LogP contribution in [0, 0.1) is 11.3 Å². The zero-order chi connectivity index (χ0) is 18.0. The van der Waals surface area contributed by atoms with Crippen molar-refractivity contribution in [3.05, 3.63) is 69.7 Å². The molecule has 134 valence electrons. The van der Waals surface area contributed by atoms with E-state index in [1.807, 2.05) is 0 Å². The van der Waals surface area contributed by atoms with Crippen LogP contribution in [0.15, 0.2) is 48.5 Å². The lowest BCUT2D eigenvalue weighted by Crippen LogP contribution is -2.40. The van der Waals surface area contributed by atoms with Gasteiger partial charge in [-0.05, 0) is 66.6 Å². The average molecular weight is 376 g/mol. The van der Waals surface area contributed by atoms with Crippen LogP contribution in [-0.4, -0.2) is 18.0 Å². The zero-order valence-corrected chi connectivity index (χ0v) is 16.8. The van der Waals surface area contributed by atoms with Gasteiger partial charge >= 0.3 is 0 Å². The van der Waals surface area contributed by atoms with Gasteiger partial charge in [-0.25, -0.2) is 0 Å². The molecule has 1 atom stereocenters. The van der Waals surface area contributed by atoms with Crippen LogP contribution in [0.25, 0.3) is 0 Å². The Labute approximate surface area is 161 Å². The van der Waals surface area contributed by atoms with E-state index in [2.05, 4.69) is 68.1 Å². The lowest BCUT2D eigenvalue weighted by molar-refractivity contribution is 0.0936. The van der Waals surface area contributed by atoms with Gasteiger partial charge in [0, 0.05) is 10.0 Å². The first-order valence-electron chi connectivity index (χ1n) is 9.09. The van der Waals surface area contributed by atoms with Gasteiger partial charge in [-0.2, -0.15) is 0 Å². The number of nitrogens with zero attached hydrogens (tertiary/aromatic N) is 1. The molecule has 2 aromatic rings. The Hall–Kier alpha value is -1.02. The fourth-order valence-corrected chi connectivity index (χ4v) is 4.55. The minimum atomic E-state index is 0.207. The molecule has 1 saturated heterocycles. The molecule has 3 heteroatoms. The van der Waals surface area contributed by atoms with Gasteiger partial charge in [0.05, 0.1) is 6.04 Å². The fourth-order valence-electron chi connectivity index (χ4n) is 4.01. The van der Waals surface area contributed by atoms with Gasteiger partial charge in [-0.1, -0.05) is 74.3 Å². The molecule has 1 nitrogen and oxygen atoms in total. The summed E-state index contributed by atoms with van der Waals surface area (Å²) in [6.45, 7) is 9.29. The molecule has 1 aliphatic heterocycles. The molecule has 0 bridgehead atoms. The van der Waals surface area contributed by atoms with Gasteiger partial charge < -0.3 is 0 Å². The molecule has 0 unspecified atom stereocenters. The first-order valence-corrected chi connectivity index (χ1v) is 9.85. The highest BCUT2D eigenvalue weighted by atomic mass is 35.5. The van der Waals surface area contributed by atoms with Gasteiger partial charge in [0.25, 0.3) is 0 Å². The van der Waals surface area contributed by atoms with E-state index in [-0.39, 0.29) is 6.04 Å². The van der Waals surface area contributed by atoms with E-state index in [1.165, 1.54) is 24.0 Å². The van der Waals surface area contributed by atoms with Crippen LogP contribution in [0.5, 0.6) is 0 Å². The average Bonchev–Trinajstić information content (AvgIpc) is 2.55. The van der Waals surface area contributed by atoms with E-state index in [9.17, 15) is 0 Å². The van der Waals surface area contributed by atoms with Crippen molar-refractivity contribution in [2.24, 2.45) is 11.3 Å².